The van der Waals surface area contributed by atoms with E-state index in [1.807, 2.05) is 20.8 Å². The van der Waals surface area contributed by atoms with Crippen molar-refractivity contribution in [2.24, 2.45) is 0 Å². The number of nitro groups is 1. The van der Waals surface area contributed by atoms with E-state index in [4.69, 9.17) is 9.26 Å². The standard InChI is InChI=1S/C14H17N3O4/c1-8(14-9(2)16-21-10(14)3)15-12-7-11(20-4)5-6-13(12)17(18)19/h5-8,15H,1-4H3. The molecule has 0 spiro atoms. The Balaban J connectivity index is 2.36. The van der Waals surface area contributed by atoms with Crippen LogP contribution in [0.2, 0.25) is 0 Å². The highest BCUT2D eigenvalue weighted by Gasteiger charge is 2.21. The van der Waals surface area contributed by atoms with Crippen LogP contribution in [-0.2, 0) is 0 Å². The fourth-order valence-electron chi connectivity index (χ4n) is 2.33. The van der Waals surface area contributed by atoms with Gasteiger partial charge in [-0.05, 0) is 26.8 Å². The minimum atomic E-state index is -0.429. The lowest BCUT2D eigenvalue weighted by atomic mass is 10.1. The number of nitro benzene ring substituents is 1. The number of hydrogen-bond acceptors (Lipinski definition) is 6. The number of nitrogens with zero attached hydrogens (tertiary/aromatic N) is 2. The smallest absolute Gasteiger partial charge is 0.292 e. The summed E-state index contributed by atoms with van der Waals surface area (Å²) in [6, 6.07) is 4.40. The Bertz CT molecular complexity index is 647. The van der Waals surface area contributed by atoms with Crippen molar-refractivity contribution in [2.75, 3.05) is 12.4 Å². The molecule has 0 aliphatic heterocycles. The van der Waals surface area contributed by atoms with Crippen molar-refractivity contribution in [1.29, 1.82) is 0 Å². The molecule has 0 amide bonds. The van der Waals surface area contributed by atoms with E-state index in [1.165, 1.54) is 13.2 Å². The molecule has 0 fully saturated rings. The molecule has 1 N–H and O–H groups in total. The second-order valence-electron chi connectivity index (χ2n) is 4.74. The molecule has 0 aliphatic rings. The van der Waals surface area contributed by atoms with Crippen LogP contribution in [0.15, 0.2) is 22.7 Å². The minimum Gasteiger partial charge on any atom is -0.497 e. The lowest BCUT2D eigenvalue weighted by molar-refractivity contribution is -0.384. The molecule has 1 aromatic carbocycles. The summed E-state index contributed by atoms with van der Waals surface area (Å²) < 4.78 is 10.2. The number of rotatable bonds is 5. The number of aromatic nitrogens is 1. The molecular weight excluding hydrogens is 274 g/mol. The molecule has 0 saturated carbocycles. The quantitative estimate of drug-likeness (QED) is 0.670. The first-order valence-corrected chi connectivity index (χ1v) is 6.45. The normalized spacial score (nSPS) is 12.0. The third kappa shape index (κ3) is 2.96. The van der Waals surface area contributed by atoms with Crippen molar-refractivity contribution in [1.82, 2.24) is 5.16 Å². The Morgan fingerprint density at radius 1 is 1.43 bits per heavy atom. The van der Waals surface area contributed by atoms with E-state index in [0.717, 1.165) is 11.3 Å². The molecule has 0 bridgehead atoms. The number of nitrogens with one attached hydrogen (secondary N) is 1. The maximum absolute atomic E-state index is 11.1. The monoisotopic (exact) mass is 291 g/mol. The second-order valence-corrected chi connectivity index (χ2v) is 4.74. The van der Waals surface area contributed by atoms with Gasteiger partial charge in [-0.25, -0.2) is 0 Å². The van der Waals surface area contributed by atoms with E-state index < -0.39 is 4.92 Å². The molecule has 21 heavy (non-hydrogen) atoms. The third-order valence-corrected chi connectivity index (χ3v) is 3.29. The summed E-state index contributed by atoms with van der Waals surface area (Å²) in [5.41, 5.74) is 2.05. The first-order valence-electron chi connectivity index (χ1n) is 6.45. The average Bonchev–Trinajstić information content (AvgIpc) is 2.77. The van der Waals surface area contributed by atoms with Crippen LogP contribution >= 0.6 is 0 Å². The van der Waals surface area contributed by atoms with Crippen molar-refractivity contribution in [2.45, 2.75) is 26.8 Å². The number of anilines is 1. The molecule has 2 aromatic rings. The van der Waals surface area contributed by atoms with Gasteiger partial charge in [-0.2, -0.15) is 0 Å². The molecule has 0 saturated heterocycles. The van der Waals surface area contributed by atoms with Crippen molar-refractivity contribution in [3.63, 3.8) is 0 Å². The predicted octanol–water partition coefficient (Wildman–Crippen LogP) is 3.38. The van der Waals surface area contributed by atoms with Gasteiger partial charge in [0, 0.05) is 17.7 Å². The van der Waals surface area contributed by atoms with Crippen LogP contribution in [0, 0.1) is 24.0 Å². The average molecular weight is 291 g/mol. The zero-order valence-electron chi connectivity index (χ0n) is 12.3. The Morgan fingerprint density at radius 2 is 2.14 bits per heavy atom. The molecule has 7 nitrogen and oxygen atoms in total. The molecule has 0 aliphatic carbocycles. The van der Waals surface area contributed by atoms with E-state index in [0.29, 0.717) is 17.2 Å². The van der Waals surface area contributed by atoms with E-state index in [2.05, 4.69) is 10.5 Å². The predicted molar refractivity (Wildman–Crippen MR) is 77.7 cm³/mol. The summed E-state index contributed by atoms with van der Waals surface area (Å²) in [6.45, 7) is 5.55. The van der Waals surface area contributed by atoms with E-state index in [9.17, 15) is 10.1 Å². The van der Waals surface area contributed by atoms with Gasteiger partial charge in [0.1, 0.15) is 17.2 Å². The number of hydrogen-bond donors (Lipinski definition) is 1. The van der Waals surface area contributed by atoms with Gasteiger partial charge < -0.3 is 14.6 Å². The highest BCUT2D eigenvalue weighted by molar-refractivity contribution is 5.65. The van der Waals surface area contributed by atoms with E-state index in [-0.39, 0.29) is 11.7 Å². The summed E-state index contributed by atoms with van der Waals surface area (Å²) in [6.07, 6.45) is 0. The molecule has 1 atom stereocenters. The molecule has 1 aromatic heterocycles. The zero-order chi connectivity index (χ0) is 15.6. The van der Waals surface area contributed by atoms with Crippen LogP contribution in [-0.4, -0.2) is 17.2 Å². The molecule has 2 rings (SSSR count). The SMILES string of the molecule is COc1ccc([N+](=O)[O-])c(NC(C)c2c(C)noc2C)c1. The van der Waals surface area contributed by atoms with Gasteiger partial charge in [-0.1, -0.05) is 5.16 Å². The van der Waals surface area contributed by atoms with Gasteiger partial charge >= 0.3 is 0 Å². The van der Waals surface area contributed by atoms with Crippen LogP contribution in [0.3, 0.4) is 0 Å². The number of ether oxygens (including phenoxy) is 1. The van der Waals surface area contributed by atoms with Crippen LogP contribution in [0.25, 0.3) is 0 Å². The second kappa shape index (κ2) is 5.82. The van der Waals surface area contributed by atoms with Crippen LogP contribution in [0.5, 0.6) is 5.75 Å². The maximum atomic E-state index is 11.1. The fraction of sp³-hybridized carbons (Fsp3) is 0.357. The minimum absolute atomic E-state index is 0.00518. The Morgan fingerprint density at radius 3 is 2.67 bits per heavy atom. The summed E-state index contributed by atoms with van der Waals surface area (Å²) in [7, 11) is 1.52. The highest BCUT2D eigenvalue weighted by atomic mass is 16.6. The lowest BCUT2D eigenvalue weighted by Crippen LogP contribution is -2.10. The lowest BCUT2D eigenvalue weighted by Gasteiger charge is -2.15. The van der Waals surface area contributed by atoms with Crippen molar-refractivity contribution < 1.29 is 14.2 Å². The van der Waals surface area contributed by atoms with Crippen LogP contribution < -0.4 is 10.1 Å². The highest BCUT2D eigenvalue weighted by Crippen LogP contribution is 2.33. The molecule has 1 unspecified atom stereocenters. The molecular formula is C14H17N3O4. The van der Waals surface area contributed by atoms with Gasteiger partial charge in [0.2, 0.25) is 0 Å². The first-order chi connectivity index (χ1) is 9.93. The number of aryl methyl sites for hydroxylation is 2. The van der Waals surface area contributed by atoms with Crippen molar-refractivity contribution in [3.05, 3.63) is 45.3 Å². The first kappa shape index (κ1) is 14.8. The molecule has 1 heterocycles. The summed E-state index contributed by atoms with van der Waals surface area (Å²) in [5, 5.41) is 18.1. The van der Waals surface area contributed by atoms with Gasteiger partial charge in [0.25, 0.3) is 5.69 Å². The van der Waals surface area contributed by atoms with E-state index >= 15 is 0 Å². The molecule has 0 radical (unpaired) electrons. The van der Waals surface area contributed by atoms with Crippen molar-refractivity contribution in [3.8, 4) is 5.75 Å². The Kier molecular flexibility index (Phi) is 4.11. The number of benzene rings is 1. The zero-order valence-corrected chi connectivity index (χ0v) is 12.3. The van der Waals surface area contributed by atoms with E-state index in [1.54, 1.807) is 12.1 Å². The summed E-state index contributed by atoms with van der Waals surface area (Å²) >= 11 is 0. The van der Waals surface area contributed by atoms with Crippen LogP contribution in [0.4, 0.5) is 11.4 Å². The molecule has 112 valence electrons. The fourth-order valence-corrected chi connectivity index (χ4v) is 2.33. The Hall–Kier alpha value is -2.57. The van der Waals surface area contributed by atoms with Gasteiger partial charge in [0.05, 0.1) is 23.8 Å². The maximum Gasteiger partial charge on any atom is 0.292 e. The summed E-state index contributed by atoms with van der Waals surface area (Å²) in [4.78, 5) is 10.7. The topological polar surface area (TPSA) is 90.4 Å². The van der Waals surface area contributed by atoms with Gasteiger partial charge in [-0.3, -0.25) is 10.1 Å². The van der Waals surface area contributed by atoms with Gasteiger partial charge in [-0.15, -0.1) is 0 Å². The van der Waals surface area contributed by atoms with Gasteiger partial charge in [0.15, 0.2) is 0 Å². The molecule has 7 heteroatoms. The Labute approximate surface area is 122 Å². The number of methoxy groups -OCH3 is 1. The van der Waals surface area contributed by atoms with Crippen molar-refractivity contribution >= 4 is 11.4 Å². The third-order valence-electron chi connectivity index (χ3n) is 3.29. The van der Waals surface area contributed by atoms with Crippen LogP contribution in [0.1, 0.15) is 30.0 Å². The largest absolute Gasteiger partial charge is 0.497 e. The summed E-state index contributed by atoms with van der Waals surface area (Å²) in [5.74, 6) is 1.24.